The van der Waals surface area contributed by atoms with Crippen molar-refractivity contribution in [3.63, 3.8) is 0 Å². The number of aromatic nitrogens is 3. The van der Waals surface area contributed by atoms with Crippen molar-refractivity contribution in [3.8, 4) is 22.3 Å². The summed E-state index contributed by atoms with van der Waals surface area (Å²) < 4.78 is 8.04. The summed E-state index contributed by atoms with van der Waals surface area (Å²) in [6.07, 6.45) is 8.02. The van der Waals surface area contributed by atoms with Crippen LogP contribution < -0.4 is 16.4 Å². The summed E-state index contributed by atoms with van der Waals surface area (Å²) >= 11 is 0. The first-order chi connectivity index (χ1) is 20.9. The van der Waals surface area contributed by atoms with Gasteiger partial charge in [-0.3, -0.25) is 14.4 Å². The van der Waals surface area contributed by atoms with Gasteiger partial charge < -0.3 is 21.1 Å². The van der Waals surface area contributed by atoms with E-state index in [1.54, 1.807) is 23.1 Å². The number of nitrogens with two attached hydrogens (primary N) is 1. The highest BCUT2D eigenvalue weighted by Crippen LogP contribution is 2.27. The van der Waals surface area contributed by atoms with Gasteiger partial charge in [0.15, 0.2) is 0 Å². The third kappa shape index (κ3) is 7.13. The van der Waals surface area contributed by atoms with Gasteiger partial charge >= 0.3 is 0 Å². The maximum atomic E-state index is 13.2. The fraction of sp³-hybridized carbons (Fsp3) is 0.382. The molecule has 9 heteroatoms. The van der Waals surface area contributed by atoms with E-state index in [0.29, 0.717) is 18.2 Å². The van der Waals surface area contributed by atoms with Crippen LogP contribution in [0.1, 0.15) is 47.7 Å². The average molecular weight is 580 g/mol. The molecule has 0 bridgehead atoms. The molecule has 224 valence electrons. The van der Waals surface area contributed by atoms with Crippen molar-refractivity contribution >= 4 is 11.7 Å². The molecule has 2 aliphatic rings. The van der Waals surface area contributed by atoms with Crippen LogP contribution in [0.5, 0.6) is 0 Å². The molecule has 1 unspecified atom stereocenters. The van der Waals surface area contributed by atoms with Gasteiger partial charge in [0.25, 0.3) is 5.91 Å². The first kappa shape index (κ1) is 29.0. The van der Waals surface area contributed by atoms with Crippen molar-refractivity contribution in [2.45, 2.75) is 57.5 Å². The molecule has 4 aromatic rings. The Morgan fingerprint density at radius 1 is 1.02 bits per heavy atom. The molecule has 1 amide bonds. The summed E-state index contributed by atoms with van der Waals surface area (Å²) in [4.78, 5) is 20.0. The third-order valence-corrected chi connectivity index (χ3v) is 8.53. The lowest BCUT2D eigenvalue weighted by molar-refractivity contribution is 0.0272. The smallest absolute Gasteiger partial charge is 0.255 e. The van der Waals surface area contributed by atoms with Crippen LogP contribution >= 0.6 is 0 Å². The Bertz CT molecular complexity index is 1530. The number of pyridine rings is 1. The molecule has 2 fully saturated rings. The Hall–Kier alpha value is -4.05. The minimum absolute atomic E-state index is 0.0504. The van der Waals surface area contributed by atoms with E-state index in [1.807, 2.05) is 13.2 Å². The molecule has 1 saturated heterocycles. The number of anilines is 1. The number of benzene rings is 2. The fourth-order valence-electron chi connectivity index (χ4n) is 6.14. The molecule has 3 heterocycles. The summed E-state index contributed by atoms with van der Waals surface area (Å²) in [5, 5.41) is 10.9. The largest absolute Gasteiger partial charge is 0.383 e. The maximum Gasteiger partial charge on any atom is 0.255 e. The van der Waals surface area contributed by atoms with E-state index in [2.05, 4.69) is 81.1 Å². The van der Waals surface area contributed by atoms with Crippen LogP contribution in [0.2, 0.25) is 0 Å². The second-order valence-corrected chi connectivity index (χ2v) is 11.9. The van der Waals surface area contributed by atoms with E-state index in [4.69, 9.17) is 10.5 Å². The van der Waals surface area contributed by atoms with Crippen LogP contribution in [0.3, 0.4) is 0 Å². The number of nitrogens with zero attached hydrogens (tertiary/aromatic N) is 4. The summed E-state index contributed by atoms with van der Waals surface area (Å²) in [6.45, 7) is 6.98. The number of amides is 1. The molecule has 1 aliphatic heterocycles. The number of carbonyl (C=O) groups is 1. The Labute approximate surface area is 253 Å². The molecule has 1 aliphatic carbocycles. The Morgan fingerprint density at radius 2 is 1.77 bits per heavy atom. The monoisotopic (exact) mass is 579 g/mol. The first-order valence-electron chi connectivity index (χ1n) is 15.2. The Balaban J connectivity index is 1.02. The lowest BCUT2D eigenvalue weighted by Gasteiger charge is -2.31. The zero-order chi connectivity index (χ0) is 29.8. The van der Waals surface area contributed by atoms with Gasteiger partial charge in [0.1, 0.15) is 5.82 Å². The van der Waals surface area contributed by atoms with Gasteiger partial charge in [-0.2, -0.15) is 5.10 Å². The van der Waals surface area contributed by atoms with Crippen LogP contribution in [0.15, 0.2) is 73.2 Å². The van der Waals surface area contributed by atoms with E-state index in [-0.39, 0.29) is 23.9 Å². The highest BCUT2D eigenvalue weighted by Gasteiger charge is 2.30. The van der Waals surface area contributed by atoms with Crippen molar-refractivity contribution in [2.75, 3.05) is 25.4 Å². The fourth-order valence-corrected chi connectivity index (χ4v) is 6.14. The van der Waals surface area contributed by atoms with Crippen LogP contribution in [0, 0.1) is 0 Å². The molecule has 2 aromatic carbocycles. The van der Waals surface area contributed by atoms with Crippen molar-refractivity contribution in [1.29, 1.82) is 0 Å². The summed E-state index contributed by atoms with van der Waals surface area (Å²) in [5.74, 6) is -0.0152. The van der Waals surface area contributed by atoms with Gasteiger partial charge in [-0.25, -0.2) is 4.98 Å². The molecular weight excluding hydrogens is 538 g/mol. The Kier molecular flexibility index (Phi) is 8.83. The van der Waals surface area contributed by atoms with Crippen molar-refractivity contribution in [3.05, 3.63) is 89.9 Å². The van der Waals surface area contributed by atoms with Gasteiger partial charge in [0.2, 0.25) is 0 Å². The van der Waals surface area contributed by atoms with E-state index in [9.17, 15) is 4.79 Å². The number of ether oxygens (including phenoxy) is 1. The number of hydrogen-bond donors (Lipinski definition) is 3. The van der Waals surface area contributed by atoms with E-state index >= 15 is 0 Å². The minimum Gasteiger partial charge on any atom is -0.383 e. The molecule has 6 rings (SSSR count). The molecule has 3 atom stereocenters. The van der Waals surface area contributed by atoms with Crippen molar-refractivity contribution in [2.24, 2.45) is 7.05 Å². The molecular formula is C34H41N7O2. The number of nitrogens with one attached hydrogen (secondary N) is 2. The van der Waals surface area contributed by atoms with E-state index in [1.165, 1.54) is 16.7 Å². The Morgan fingerprint density at radius 3 is 2.47 bits per heavy atom. The average Bonchev–Trinajstić information content (AvgIpc) is 3.65. The third-order valence-electron chi connectivity index (χ3n) is 8.53. The van der Waals surface area contributed by atoms with Crippen molar-refractivity contribution in [1.82, 2.24) is 30.3 Å². The number of rotatable bonds is 9. The SMILES string of the molecule is CC1CN(Cc2ccc(-c3ccc(CO[C@H]4CCC[C@@H]4NC(=O)c4cc(-c5cnn(C)c5)cnc4N)cc3)cc2)CCN1. The molecule has 43 heavy (non-hydrogen) atoms. The lowest BCUT2D eigenvalue weighted by Crippen LogP contribution is -2.48. The normalized spacial score (nSPS) is 20.7. The number of carbonyl (C=O) groups excluding carboxylic acids is 1. The van der Waals surface area contributed by atoms with Gasteiger partial charge in [0, 0.05) is 62.8 Å². The zero-order valence-corrected chi connectivity index (χ0v) is 25.0. The summed E-state index contributed by atoms with van der Waals surface area (Å²) in [5.41, 5.74) is 13.0. The first-order valence-corrected chi connectivity index (χ1v) is 15.2. The molecule has 0 radical (unpaired) electrons. The second kappa shape index (κ2) is 13.1. The zero-order valence-electron chi connectivity index (χ0n) is 25.0. The lowest BCUT2D eigenvalue weighted by atomic mass is 10.0. The van der Waals surface area contributed by atoms with Gasteiger partial charge in [0.05, 0.1) is 30.5 Å². The molecule has 9 nitrogen and oxygen atoms in total. The van der Waals surface area contributed by atoms with Crippen LogP contribution in [0.4, 0.5) is 5.82 Å². The quantitative estimate of drug-likeness (QED) is 0.270. The molecule has 4 N–H and O–H groups in total. The minimum atomic E-state index is -0.228. The predicted molar refractivity (Wildman–Crippen MR) is 169 cm³/mol. The summed E-state index contributed by atoms with van der Waals surface area (Å²) in [7, 11) is 1.85. The number of piperazine rings is 1. The highest BCUT2D eigenvalue weighted by molar-refractivity contribution is 5.99. The standard InChI is InChI=1S/C34H41N7O2/c1-23-19-41(15-14-36-23)20-24-6-10-26(11-7-24)27-12-8-25(9-13-27)22-43-32-5-3-4-31(32)39-34(42)30-16-28(17-37-33(30)35)29-18-38-40(2)21-29/h6-13,16-18,21,23,31-32,36H,3-5,14-15,19-20,22H2,1-2H3,(H2,35,37)(H,39,42)/t23?,31-,32-/m0/s1. The predicted octanol–water partition coefficient (Wildman–Crippen LogP) is 4.39. The topological polar surface area (TPSA) is 110 Å². The second-order valence-electron chi connectivity index (χ2n) is 11.9. The summed E-state index contributed by atoms with van der Waals surface area (Å²) in [6, 6.07) is 19.7. The highest BCUT2D eigenvalue weighted by atomic mass is 16.5. The van der Waals surface area contributed by atoms with Gasteiger partial charge in [-0.1, -0.05) is 48.5 Å². The number of aryl methyl sites for hydroxylation is 1. The van der Waals surface area contributed by atoms with E-state index < -0.39 is 0 Å². The molecule has 1 saturated carbocycles. The van der Waals surface area contributed by atoms with E-state index in [0.717, 1.165) is 62.1 Å². The van der Waals surface area contributed by atoms with Crippen LogP contribution in [-0.4, -0.2) is 63.4 Å². The van der Waals surface area contributed by atoms with Crippen molar-refractivity contribution < 1.29 is 9.53 Å². The van der Waals surface area contributed by atoms with Crippen LogP contribution in [-0.2, 0) is 24.9 Å². The molecule has 0 spiro atoms. The van der Waals surface area contributed by atoms with Gasteiger partial charge in [-0.05, 0) is 54.5 Å². The number of nitrogen functional groups attached to an aromatic ring is 1. The molecule has 2 aromatic heterocycles. The van der Waals surface area contributed by atoms with Gasteiger partial charge in [-0.15, -0.1) is 0 Å². The maximum absolute atomic E-state index is 13.2. The van der Waals surface area contributed by atoms with Crippen LogP contribution in [0.25, 0.3) is 22.3 Å². The number of hydrogen-bond acceptors (Lipinski definition) is 7.